The zero-order valence-corrected chi connectivity index (χ0v) is 14.3. The first-order valence-electron chi connectivity index (χ1n) is 8.18. The molecule has 2 rings (SSSR count). The van der Waals surface area contributed by atoms with Crippen LogP contribution in [-0.2, 0) is 4.79 Å². The number of hydrogen-bond donors (Lipinski definition) is 1. The second kappa shape index (κ2) is 8.82. The minimum atomic E-state index is -0.529. The molecule has 132 valence electrons. The van der Waals surface area contributed by atoms with Crippen LogP contribution in [0.15, 0.2) is 54.6 Å². The van der Waals surface area contributed by atoms with Crippen LogP contribution in [0.1, 0.15) is 31.9 Å². The molecule has 2 aromatic carbocycles. The van der Waals surface area contributed by atoms with Gasteiger partial charge >= 0.3 is 5.69 Å². The fraction of sp³-hybridized carbons (Fsp3) is 0.316. The summed E-state index contributed by atoms with van der Waals surface area (Å²) >= 11 is 0. The van der Waals surface area contributed by atoms with E-state index in [-0.39, 0.29) is 30.0 Å². The van der Waals surface area contributed by atoms with Gasteiger partial charge in [-0.25, -0.2) is 0 Å². The molecule has 0 spiro atoms. The molecule has 0 heterocycles. The molecule has 1 amide bonds. The Morgan fingerprint density at radius 2 is 1.76 bits per heavy atom. The van der Waals surface area contributed by atoms with Crippen molar-refractivity contribution >= 4 is 11.6 Å². The van der Waals surface area contributed by atoms with Gasteiger partial charge in [0, 0.05) is 6.07 Å². The fourth-order valence-corrected chi connectivity index (χ4v) is 2.54. The summed E-state index contributed by atoms with van der Waals surface area (Å²) in [5.41, 5.74) is 0.868. The normalized spacial score (nSPS) is 11.8. The van der Waals surface area contributed by atoms with Gasteiger partial charge in [0.05, 0.1) is 11.0 Å². The molecule has 1 atom stereocenters. The molecule has 6 nitrogen and oxygen atoms in total. The zero-order chi connectivity index (χ0) is 18.2. The first-order chi connectivity index (χ1) is 12.0. The number of nitrogens with zero attached hydrogens (tertiary/aromatic N) is 1. The molecule has 0 fully saturated rings. The van der Waals surface area contributed by atoms with Crippen LogP contribution in [0.25, 0.3) is 0 Å². The van der Waals surface area contributed by atoms with Crippen LogP contribution in [0.5, 0.6) is 5.75 Å². The second-order valence-electron chi connectivity index (χ2n) is 6.17. The van der Waals surface area contributed by atoms with E-state index in [1.807, 2.05) is 30.3 Å². The summed E-state index contributed by atoms with van der Waals surface area (Å²) in [6, 6.07) is 15.6. The maximum absolute atomic E-state index is 12.3. The van der Waals surface area contributed by atoms with Gasteiger partial charge in [0.15, 0.2) is 12.4 Å². The molecule has 0 aromatic heterocycles. The lowest BCUT2D eigenvalue weighted by Crippen LogP contribution is -2.33. The van der Waals surface area contributed by atoms with Gasteiger partial charge in [-0.05, 0) is 24.0 Å². The van der Waals surface area contributed by atoms with Crippen LogP contribution in [0, 0.1) is 16.0 Å². The number of benzene rings is 2. The number of hydrogen-bond acceptors (Lipinski definition) is 4. The van der Waals surface area contributed by atoms with Gasteiger partial charge in [-0.3, -0.25) is 14.9 Å². The van der Waals surface area contributed by atoms with Gasteiger partial charge in [-0.15, -0.1) is 0 Å². The maximum Gasteiger partial charge on any atom is 0.310 e. The molecule has 25 heavy (non-hydrogen) atoms. The first-order valence-corrected chi connectivity index (χ1v) is 8.18. The Balaban J connectivity index is 2.01. The van der Waals surface area contributed by atoms with E-state index in [0.29, 0.717) is 5.92 Å². The summed E-state index contributed by atoms with van der Waals surface area (Å²) < 4.78 is 5.35. The SMILES string of the molecule is CC(C)C[C@H](NC(=O)COc1ccccc1[N+](=O)[O-])c1ccccc1. The zero-order valence-electron chi connectivity index (χ0n) is 14.3. The maximum atomic E-state index is 12.3. The number of rotatable bonds is 8. The van der Waals surface area contributed by atoms with Crippen molar-refractivity contribution in [1.82, 2.24) is 5.32 Å². The van der Waals surface area contributed by atoms with E-state index in [0.717, 1.165) is 12.0 Å². The Hall–Kier alpha value is -2.89. The number of nitro benzene ring substituents is 1. The number of nitro groups is 1. The Morgan fingerprint density at radius 1 is 1.12 bits per heavy atom. The Kier molecular flexibility index (Phi) is 6.51. The van der Waals surface area contributed by atoms with Crippen molar-refractivity contribution in [2.24, 2.45) is 5.92 Å². The minimum Gasteiger partial charge on any atom is -0.477 e. The topological polar surface area (TPSA) is 81.5 Å². The van der Waals surface area contributed by atoms with Gasteiger partial charge in [-0.1, -0.05) is 56.3 Å². The average molecular weight is 342 g/mol. The number of ether oxygens (including phenoxy) is 1. The van der Waals surface area contributed by atoms with Crippen molar-refractivity contribution in [3.63, 3.8) is 0 Å². The van der Waals surface area contributed by atoms with Crippen LogP contribution in [0.2, 0.25) is 0 Å². The summed E-state index contributed by atoms with van der Waals surface area (Å²) in [6.45, 7) is 3.91. The summed E-state index contributed by atoms with van der Waals surface area (Å²) in [5.74, 6) is 0.178. The summed E-state index contributed by atoms with van der Waals surface area (Å²) in [4.78, 5) is 22.7. The van der Waals surface area contributed by atoms with Gasteiger partial charge in [0.1, 0.15) is 0 Å². The van der Waals surface area contributed by atoms with E-state index in [4.69, 9.17) is 4.74 Å². The first kappa shape index (κ1) is 18.4. The third kappa shape index (κ3) is 5.60. The van der Waals surface area contributed by atoms with E-state index in [2.05, 4.69) is 19.2 Å². The standard InChI is InChI=1S/C19H22N2O4/c1-14(2)12-16(15-8-4-3-5-9-15)20-19(22)13-25-18-11-7-6-10-17(18)21(23)24/h3-11,14,16H,12-13H2,1-2H3,(H,20,22)/t16-/m0/s1. The second-order valence-corrected chi connectivity index (χ2v) is 6.17. The number of carbonyl (C=O) groups excluding carboxylic acids is 1. The van der Waals surface area contributed by atoms with Crippen LogP contribution < -0.4 is 10.1 Å². The molecule has 0 saturated heterocycles. The van der Waals surface area contributed by atoms with Crippen molar-refractivity contribution in [2.75, 3.05) is 6.61 Å². The Morgan fingerprint density at radius 3 is 2.40 bits per heavy atom. The predicted molar refractivity (Wildman–Crippen MR) is 95.4 cm³/mol. The van der Waals surface area contributed by atoms with Crippen molar-refractivity contribution in [3.05, 3.63) is 70.3 Å². The highest BCUT2D eigenvalue weighted by Gasteiger charge is 2.18. The van der Waals surface area contributed by atoms with E-state index >= 15 is 0 Å². The van der Waals surface area contributed by atoms with E-state index in [1.165, 1.54) is 12.1 Å². The molecule has 0 aliphatic rings. The smallest absolute Gasteiger partial charge is 0.310 e. The fourth-order valence-electron chi connectivity index (χ4n) is 2.54. The predicted octanol–water partition coefficient (Wildman–Crippen LogP) is 3.88. The third-order valence-corrected chi connectivity index (χ3v) is 3.66. The van der Waals surface area contributed by atoms with Gasteiger partial charge in [0.25, 0.3) is 5.91 Å². The molecule has 1 N–H and O–H groups in total. The van der Waals surface area contributed by atoms with Crippen molar-refractivity contribution < 1.29 is 14.5 Å². The van der Waals surface area contributed by atoms with Crippen LogP contribution in [-0.4, -0.2) is 17.4 Å². The molecule has 0 aliphatic carbocycles. The highest BCUT2D eigenvalue weighted by atomic mass is 16.6. The van der Waals surface area contributed by atoms with Gasteiger partial charge in [0.2, 0.25) is 0 Å². The molecule has 0 unspecified atom stereocenters. The lowest BCUT2D eigenvalue weighted by molar-refractivity contribution is -0.385. The average Bonchev–Trinajstić information content (AvgIpc) is 2.60. The van der Waals surface area contributed by atoms with Crippen LogP contribution in [0.3, 0.4) is 0 Å². The molecular weight excluding hydrogens is 320 g/mol. The largest absolute Gasteiger partial charge is 0.477 e. The summed E-state index contributed by atoms with van der Waals surface area (Å²) in [6.07, 6.45) is 0.793. The van der Waals surface area contributed by atoms with Gasteiger partial charge in [-0.2, -0.15) is 0 Å². The summed E-state index contributed by atoms with van der Waals surface area (Å²) in [7, 11) is 0. The number of amides is 1. The molecule has 0 aliphatic heterocycles. The third-order valence-electron chi connectivity index (χ3n) is 3.66. The molecule has 0 saturated carbocycles. The quantitative estimate of drug-likeness (QED) is 0.583. The lowest BCUT2D eigenvalue weighted by atomic mass is 9.97. The molecule has 0 radical (unpaired) electrons. The number of para-hydroxylation sites is 2. The molecule has 6 heteroatoms. The highest BCUT2D eigenvalue weighted by molar-refractivity contribution is 5.78. The van der Waals surface area contributed by atoms with Crippen molar-refractivity contribution in [2.45, 2.75) is 26.3 Å². The van der Waals surface area contributed by atoms with Gasteiger partial charge < -0.3 is 10.1 Å². The highest BCUT2D eigenvalue weighted by Crippen LogP contribution is 2.26. The van der Waals surface area contributed by atoms with Crippen molar-refractivity contribution in [3.8, 4) is 5.75 Å². The van der Waals surface area contributed by atoms with E-state index in [9.17, 15) is 14.9 Å². The lowest BCUT2D eigenvalue weighted by Gasteiger charge is -2.21. The van der Waals surface area contributed by atoms with E-state index < -0.39 is 4.92 Å². The van der Waals surface area contributed by atoms with Crippen LogP contribution in [0.4, 0.5) is 5.69 Å². The van der Waals surface area contributed by atoms with Crippen LogP contribution >= 0.6 is 0 Å². The Labute approximate surface area is 147 Å². The molecule has 0 bridgehead atoms. The number of nitrogens with one attached hydrogen (secondary N) is 1. The monoisotopic (exact) mass is 342 g/mol. The van der Waals surface area contributed by atoms with E-state index in [1.54, 1.807) is 12.1 Å². The number of carbonyl (C=O) groups is 1. The Bertz CT molecular complexity index is 716. The molecular formula is C19H22N2O4. The van der Waals surface area contributed by atoms with Crippen molar-refractivity contribution in [1.29, 1.82) is 0 Å². The molecule has 2 aromatic rings. The summed E-state index contributed by atoms with van der Waals surface area (Å²) in [5, 5.41) is 13.9. The minimum absolute atomic E-state index is 0.0859.